The second kappa shape index (κ2) is 14.1. The van der Waals surface area contributed by atoms with E-state index in [0.717, 1.165) is 99.1 Å². The van der Waals surface area contributed by atoms with E-state index in [1.165, 1.54) is 54.9 Å². The Balaban J connectivity index is 1.08. The molecule has 0 spiro atoms. The average molecular weight is 861 g/mol. The van der Waals surface area contributed by atoms with Gasteiger partial charge in [-0.2, -0.15) is 21.0 Å². The van der Waals surface area contributed by atoms with Gasteiger partial charge in [-0.15, -0.1) is 0 Å². The van der Waals surface area contributed by atoms with Gasteiger partial charge in [0.25, 0.3) is 0 Å². The Morgan fingerprint density at radius 2 is 0.735 bits per heavy atom. The summed E-state index contributed by atoms with van der Waals surface area (Å²) in [6.07, 6.45) is 0. The highest BCUT2D eigenvalue weighted by Crippen LogP contribution is 2.55. The topological polar surface area (TPSA) is 95.2 Å². The molecule has 0 atom stereocenters. The van der Waals surface area contributed by atoms with Crippen LogP contribution in [0.1, 0.15) is 44.5 Å². The van der Waals surface area contributed by atoms with Gasteiger partial charge in [-0.1, -0.05) is 72.8 Å². The molecule has 4 nitrogen and oxygen atoms in total. The Morgan fingerprint density at radius 1 is 0.279 bits per heavy atom. The zero-order chi connectivity index (χ0) is 46.3. The van der Waals surface area contributed by atoms with E-state index in [9.17, 15) is 21.0 Å². The van der Waals surface area contributed by atoms with E-state index in [4.69, 9.17) is 0 Å². The van der Waals surface area contributed by atoms with Crippen molar-refractivity contribution in [1.82, 2.24) is 0 Å². The summed E-state index contributed by atoms with van der Waals surface area (Å²) in [6, 6.07) is 61.1. The number of fused-ring (bicyclic) bond motifs is 11. The smallest absolute Gasteiger partial charge is 0.0998 e. The first-order valence-electron chi connectivity index (χ1n) is 22.8. The number of aryl methyl sites for hydroxylation is 4. The second-order valence-electron chi connectivity index (χ2n) is 18.6. The molecule has 13 rings (SSSR count). The van der Waals surface area contributed by atoms with E-state index in [1.54, 1.807) is 12.1 Å². The maximum Gasteiger partial charge on any atom is 0.0998 e. The summed E-state index contributed by atoms with van der Waals surface area (Å²) in [5.41, 5.74) is 22.4. The first-order chi connectivity index (χ1) is 33.2. The normalized spacial score (nSPS) is 11.8. The number of hydrogen-bond donors (Lipinski definition) is 0. The summed E-state index contributed by atoms with van der Waals surface area (Å²) in [6.45, 7) is 8.37. The Bertz CT molecular complexity index is 4360. The maximum absolute atomic E-state index is 10.6. The molecular weight excluding hydrogens is 825 g/mol. The standard InChI is InChI=1S/C64H36N4/c1-33-19-38(30-66)20-34(2)61(33)47-15-17-49-53-24-40-13-14-42-54(52(40)25-56(53)45-9-5-7-43(47)63(45)49)26-59(51-23-37(29-65)11-12-41(51)32-68)60-28-58-50-18-16-48(62-35(3)21-39(31-67)22-36(62)4)44-8-6-10-46(64(44)50)57(58)27-55(42)60/h5-28H,1-4H3. The zero-order valence-corrected chi connectivity index (χ0v) is 37.6. The van der Waals surface area contributed by atoms with Crippen molar-refractivity contribution in [2.24, 2.45) is 0 Å². The van der Waals surface area contributed by atoms with Crippen LogP contribution < -0.4 is 0 Å². The fourth-order valence-corrected chi connectivity index (χ4v) is 12.2. The number of benzene rings is 11. The van der Waals surface area contributed by atoms with Crippen LogP contribution in [0.4, 0.5) is 0 Å². The average Bonchev–Trinajstić information content (AvgIpc) is 3.85. The Kier molecular flexibility index (Phi) is 8.10. The lowest BCUT2D eigenvalue weighted by Gasteiger charge is -2.17. The molecule has 11 aromatic rings. The third-order valence-corrected chi connectivity index (χ3v) is 14.9. The van der Waals surface area contributed by atoms with Crippen LogP contribution >= 0.6 is 0 Å². The lowest BCUT2D eigenvalue weighted by atomic mass is 9.86. The summed E-state index contributed by atoms with van der Waals surface area (Å²) in [5, 5.41) is 51.5. The van der Waals surface area contributed by atoms with Crippen LogP contribution in [0.15, 0.2) is 146 Å². The van der Waals surface area contributed by atoms with Crippen molar-refractivity contribution in [3.05, 3.63) is 190 Å². The van der Waals surface area contributed by atoms with Crippen LogP contribution in [0.25, 0.3) is 132 Å². The van der Waals surface area contributed by atoms with Gasteiger partial charge in [-0.05, 0) is 249 Å². The minimum atomic E-state index is 0.499. The van der Waals surface area contributed by atoms with Gasteiger partial charge in [0.1, 0.15) is 0 Å². The lowest BCUT2D eigenvalue weighted by Crippen LogP contribution is -1.92. The number of nitriles is 4. The van der Waals surface area contributed by atoms with Crippen LogP contribution in [-0.2, 0) is 0 Å². The third kappa shape index (κ3) is 5.27. The molecule has 0 heterocycles. The predicted octanol–water partition coefficient (Wildman–Crippen LogP) is 16.5. The Labute approximate surface area is 393 Å². The molecule has 0 radical (unpaired) electrons. The van der Waals surface area contributed by atoms with Gasteiger partial charge in [0, 0.05) is 5.56 Å². The van der Waals surface area contributed by atoms with Gasteiger partial charge >= 0.3 is 0 Å². The summed E-state index contributed by atoms with van der Waals surface area (Å²) in [4.78, 5) is 0. The summed E-state index contributed by atoms with van der Waals surface area (Å²) in [7, 11) is 0. The molecule has 2 aliphatic rings. The molecule has 0 aromatic heterocycles. The molecule has 68 heavy (non-hydrogen) atoms. The summed E-state index contributed by atoms with van der Waals surface area (Å²) in [5.74, 6) is 0. The van der Waals surface area contributed by atoms with Gasteiger partial charge in [0.05, 0.1) is 46.5 Å². The monoisotopic (exact) mass is 860 g/mol. The molecule has 0 fully saturated rings. The fourth-order valence-electron chi connectivity index (χ4n) is 12.2. The van der Waals surface area contributed by atoms with Crippen molar-refractivity contribution in [3.8, 4) is 102 Å². The first-order valence-corrected chi connectivity index (χ1v) is 22.8. The van der Waals surface area contributed by atoms with E-state index in [-0.39, 0.29) is 0 Å². The Morgan fingerprint density at radius 3 is 1.26 bits per heavy atom. The predicted molar refractivity (Wildman–Crippen MR) is 277 cm³/mol. The van der Waals surface area contributed by atoms with Gasteiger partial charge in [0.15, 0.2) is 0 Å². The molecule has 0 bridgehead atoms. The molecule has 0 aliphatic heterocycles. The summed E-state index contributed by atoms with van der Waals surface area (Å²) < 4.78 is 0. The van der Waals surface area contributed by atoms with Crippen LogP contribution in [0.5, 0.6) is 0 Å². The minimum Gasteiger partial charge on any atom is -0.192 e. The van der Waals surface area contributed by atoms with Gasteiger partial charge < -0.3 is 0 Å². The molecule has 11 aromatic carbocycles. The van der Waals surface area contributed by atoms with E-state index in [2.05, 4.69) is 155 Å². The van der Waals surface area contributed by atoms with Crippen LogP contribution in [-0.4, -0.2) is 0 Å². The van der Waals surface area contributed by atoms with Crippen molar-refractivity contribution in [2.75, 3.05) is 0 Å². The lowest BCUT2D eigenvalue weighted by molar-refractivity contribution is 1.35. The van der Waals surface area contributed by atoms with Crippen LogP contribution in [0, 0.1) is 73.0 Å². The number of rotatable bonds is 3. The van der Waals surface area contributed by atoms with Crippen molar-refractivity contribution in [3.63, 3.8) is 0 Å². The molecular formula is C64H36N4. The number of nitrogens with zero attached hydrogens (tertiary/aromatic N) is 4. The molecule has 0 amide bonds. The van der Waals surface area contributed by atoms with E-state index in [1.807, 2.05) is 30.3 Å². The van der Waals surface area contributed by atoms with Gasteiger partial charge in [0.2, 0.25) is 0 Å². The van der Waals surface area contributed by atoms with Crippen LogP contribution in [0.3, 0.4) is 0 Å². The highest BCUT2D eigenvalue weighted by Gasteiger charge is 2.28. The molecule has 0 N–H and O–H groups in total. The SMILES string of the molecule is Cc1cc(C#N)cc(C)c1-c1ccc2c3c(cccc13)-c1cc3c(ccc4c5cc6c(cc5c(-c5cc(C#N)ccc5C#N)cc34)-c3ccc(-c4c(C)cc(C#N)cc4C)c4cccc-6c34)cc1-2. The quantitative estimate of drug-likeness (QED) is 0.165. The van der Waals surface area contributed by atoms with E-state index < -0.39 is 0 Å². The van der Waals surface area contributed by atoms with Crippen molar-refractivity contribution in [1.29, 1.82) is 21.0 Å². The maximum atomic E-state index is 10.6. The van der Waals surface area contributed by atoms with E-state index in [0.29, 0.717) is 22.3 Å². The first kappa shape index (κ1) is 39.1. The van der Waals surface area contributed by atoms with Gasteiger partial charge in [-0.25, -0.2) is 0 Å². The molecule has 0 unspecified atom stereocenters. The fraction of sp³-hybridized carbons (Fsp3) is 0.0625. The minimum absolute atomic E-state index is 0.499. The second-order valence-corrected chi connectivity index (χ2v) is 18.6. The van der Waals surface area contributed by atoms with Crippen LogP contribution in [0.2, 0.25) is 0 Å². The molecule has 0 saturated heterocycles. The van der Waals surface area contributed by atoms with Crippen molar-refractivity contribution in [2.45, 2.75) is 27.7 Å². The van der Waals surface area contributed by atoms with Crippen molar-refractivity contribution >= 4 is 53.9 Å². The highest BCUT2D eigenvalue weighted by atomic mass is 14.3. The largest absolute Gasteiger partial charge is 0.192 e. The van der Waals surface area contributed by atoms with Gasteiger partial charge in [-0.3, -0.25) is 0 Å². The highest BCUT2D eigenvalue weighted by molar-refractivity contribution is 6.28. The molecule has 0 saturated carbocycles. The zero-order valence-electron chi connectivity index (χ0n) is 37.6. The summed E-state index contributed by atoms with van der Waals surface area (Å²) >= 11 is 0. The third-order valence-electron chi connectivity index (χ3n) is 14.9. The Hall–Kier alpha value is -9.32. The van der Waals surface area contributed by atoms with E-state index >= 15 is 0 Å². The number of hydrogen-bond acceptors (Lipinski definition) is 4. The molecule has 312 valence electrons. The molecule has 2 aliphatic carbocycles. The van der Waals surface area contributed by atoms with Crippen molar-refractivity contribution < 1.29 is 0 Å². The molecule has 4 heteroatoms.